The fraction of sp³-hybridized carbons (Fsp3) is 0.388. The number of ether oxygens (including phenoxy) is 4. The highest BCUT2D eigenvalue weighted by Gasteiger charge is 2.50. The standard InChI is InChI=1S/C36H40Cl2F3N3O5S.C24H25Cl2F3N2O4.C12H15NOS.C8H8O3.5H2S/c1-42(32(45)22-36(39,40)41)24-34(26-12-13-30(37)31(38)20-26,43(2)33(46)49-28-10-6-9-27(21-28)48-3)14-7-17-44-18-15-35(16-19-44)29-11-5-4-8-25(29)23-50(35)47;1-5-11-23(16-9-10-19(25)20(26)12-16,15-30(2)21(32)14-24(27,28)29)31(3)22(33)35-18-8-6-7-17(13-18)34-4;14-15-9-10-3-1-2-4-11(10)12(15)5-7-13-8-6-12;9-7(8(10)11)6-4-2-1-3-5-6;;;;;/h4-6,8-13,20-21H,7,14-19,22-24H2,1-3H3;5-10,12-13H,1,11,14-15H2,2-4H3;1-4,13H,5-9H2;1-5,7,9H,(H,10,11);5*1H2/t34-,50?;23-;;7-;;;;;/m11.0...../s1. The van der Waals surface area contributed by atoms with Crippen molar-refractivity contribution >= 4 is 165 Å². The number of halogens is 10. The first kappa shape index (κ1) is 104. The Kier molecular flexibility index (Phi) is 41.4. The number of alkyl halides is 6. The molecule has 116 heavy (non-hydrogen) atoms. The van der Waals surface area contributed by atoms with E-state index >= 15 is 0 Å². The fourth-order valence-corrected chi connectivity index (χ4v) is 18.6. The average Bonchev–Trinajstić information content (AvgIpc) is 1.53. The maximum atomic E-state index is 13.9. The Morgan fingerprint density at radius 1 is 0.552 bits per heavy atom. The zero-order chi connectivity index (χ0) is 81.2. The summed E-state index contributed by atoms with van der Waals surface area (Å²) in [6.45, 7) is 7.14. The molecule has 0 radical (unpaired) electrons. The van der Waals surface area contributed by atoms with E-state index in [9.17, 15) is 58.7 Å². The Morgan fingerprint density at radius 3 is 1.36 bits per heavy atom. The first-order valence-corrected chi connectivity index (χ1v) is 39.3. The van der Waals surface area contributed by atoms with Gasteiger partial charge in [-0.1, -0.05) is 156 Å². The number of likely N-dealkylation sites (N-methyl/N-ethyl adjacent to an activating group) is 4. The number of likely N-dealkylation sites (tertiary alicyclic amines) is 1. The highest BCUT2D eigenvalue weighted by Crippen LogP contribution is 2.48. The molecular formula is C80H98Cl4F6N6O13S7. The molecule has 2 fully saturated rings. The molecule has 3 N–H and O–H groups in total. The van der Waals surface area contributed by atoms with Crippen LogP contribution < -0.4 is 24.3 Å². The SMILES string of the molecule is C=CC[C@@](CN(C)C(=O)CC(F)(F)F)(c1ccc(Cl)c(Cl)c1)N(C)C(=O)Oc1cccc(OC)c1.COc1cccc(OC(=O)N(C)[C@](CCCN2CCC3(CC2)c2ccccc2CS3=O)(CN(C)C(=O)CC(F)(F)F)c2ccc(Cl)c(Cl)c2)c1.O=C(O)[C@@H](O)c1ccccc1.O=S1Cc2ccccc2C12CCNCC2.S.S.S.S.S. The molecule has 19 nitrogen and oxygen atoms in total. The van der Waals surface area contributed by atoms with Crippen LogP contribution in [0.15, 0.2) is 176 Å². The Hall–Kier alpha value is -6.50. The number of fused-ring (bicyclic) bond motifs is 4. The van der Waals surface area contributed by atoms with Crippen molar-refractivity contribution in [1.82, 2.24) is 29.8 Å². The van der Waals surface area contributed by atoms with Crippen LogP contribution in [0.3, 0.4) is 0 Å². The van der Waals surface area contributed by atoms with E-state index in [0.29, 0.717) is 60.0 Å². The number of aliphatic carboxylic acids is 1. The van der Waals surface area contributed by atoms with Crippen LogP contribution in [0.5, 0.6) is 23.0 Å². The molecule has 7 aromatic carbocycles. The molecule has 4 amide bonds. The van der Waals surface area contributed by atoms with E-state index in [1.807, 2.05) is 18.2 Å². The molecule has 0 aromatic heterocycles. The van der Waals surface area contributed by atoms with Crippen molar-refractivity contribution in [3.05, 3.63) is 235 Å². The van der Waals surface area contributed by atoms with Gasteiger partial charge in [0.15, 0.2) is 6.10 Å². The Morgan fingerprint density at radius 2 is 0.948 bits per heavy atom. The van der Waals surface area contributed by atoms with Crippen LogP contribution in [-0.4, -0.2) is 174 Å². The lowest BCUT2D eigenvalue weighted by molar-refractivity contribution is -0.163. The number of methoxy groups -OCH3 is 2. The van der Waals surface area contributed by atoms with E-state index in [2.05, 4.69) is 47.1 Å². The number of aliphatic hydroxyl groups is 1. The monoisotopic (exact) mass is 1830 g/mol. The number of carbonyl (C=O) groups excluding carboxylic acids is 4. The Labute approximate surface area is 732 Å². The first-order chi connectivity index (χ1) is 52.5. The first-order valence-electron chi connectivity index (χ1n) is 35.2. The van der Waals surface area contributed by atoms with Crippen molar-refractivity contribution < 1.29 is 87.9 Å². The summed E-state index contributed by atoms with van der Waals surface area (Å²) in [5, 5.41) is 21.6. The van der Waals surface area contributed by atoms with Crippen molar-refractivity contribution in [2.75, 3.05) is 88.2 Å². The average molecular weight is 1830 g/mol. The molecule has 4 aliphatic heterocycles. The summed E-state index contributed by atoms with van der Waals surface area (Å²) < 4.78 is 125. The number of amides is 4. The smallest absolute Gasteiger partial charge is 0.415 e. The van der Waals surface area contributed by atoms with Crippen LogP contribution in [-0.2, 0) is 68.1 Å². The predicted molar refractivity (Wildman–Crippen MR) is 469 cm³/mol. The number of nitrogens with zero attached hydrogens (tertiary/aromatic N) is 5. The lowest BCUT2D eigenvalue weighted by atomic mass is 9.82. The summed E-state index contributed by atoms with van der Waals surface area (Å²) in [6.07, 6.45) is -9.97. The Balaban J connectivity index is 0.000000453. The fourth-order valence-electron chi connectivity index (χ4n) is 14.2. The molecular weight excluding hydrogens is 1730 g/mol. The van der Waals surface area contributed by atoms with Crippen LogP contribution in [0.1, 0.15) is 103 Å². The zero-order valence-electron chi connectivity index (χ0n) is 64.4. The van der Waals surface area contributed by atoms with Gasteiger partial charge in [-0.2, -0.15) is 93.8 Å². The summed E-state index contributed by atoms with van der Waals surface area (Å²) in [4.78, 5) is 69.3. The number of hydrogen-bond acceptors (Lipinski definition) is 14. The van der Waals surface area contributed by atoms with Gasteiger partial charge in [-0.3, -0.25) is 27.8 Å². The van der Waals surface area contributed by atoms with Crippen molar-refractivity contribution in [3.63, 3.8) is 0 Å². The number of piperidine rings is 2. The minimum absolute atomic E-state index is 0. The normalized spacial score (nSPS) is 16.6. The maximum absolute atomic E-state index is 13.9. The third-order valence-electron chi connectivity index (χ3n) is 20.2. The van der Waals surface area contributed by atoms with E-state index in [1.54, 1.807) is 91.0 Å². The second-order valence-electron chi connectivity index (χ2n) is 27.2. The van der Waals surface area contributed by atoms with E-state index in [0.717, 1.165) is 59.9 Å². The summed E-state index contributed by atoms with van der Waals surface area (Å²) in [5.74, 6) is -0.934. The molecule has 7 aromatic rings. The van der Waals surface area contributed by atoms with Gasteiger partial charge in [0.1, 0.15) is 35.8 Å². The van der Waals surface area contributed by atoms with Crippen molar-refractivity contribution in [1.29, 1.82) is 0 Å². The van der Waals surface area contributed by atoms with E-state index in [-0.39, 0.29) is 134 Å². The molecule has 4 aliphatic rings. The third kappa shape index (κ3) is 26.5. The van der Waals surface area contributed by atoms with Crippen molar-refractivity contribution in [3.8, 4) is 23.0 Å². The summed E-state index contributed by atoms with van der Waals surface area (Å²) in [5.41, 5.74) is 3.48. The number of rotatable bonds is 22. The molecule has 638 valence electrons. The highest BCUT2D eigenvalue weighted by molar-refractivity contribution is 7.85. The molecule has 11 rings (SSSR count). The minimum atomic E-state index is -4.72. The number of carboxylic acids is 1. The van der Waals surface area contributed by atoms with E-state index in [1.165, 1.54) is 99.2 Å². The van der Waals surface area contributed by atoms with Gasteiger partial charge in [0.25, 0.3) is 0 Å². The van der Waals surface area contributed by atoms with Crippen LogP contribution in [0.25, 0.3) is 0 Å². The number of carbonyl (C=O) groups is 5. The van der Waals surface area contributed by atoms with Crippen LogP contribution in [0.4, 0.5) is 35.9 Å². The Bertz CT molecular complexity index is 4490. The van der Waals surface area contributed by atoms with Crippen molar-refractivity contribution in [2.24, 2.45) is 0 Å². The van der Waals surface area contributed by atoms with Gasteiger partial charge in [-0.25, -0.2) is 14.4 Å². The van der Waals surface area contributed by atoms with E-state index in [4.69, 9.17) is 75.6 Å². The quantitative estimate of drug-likeness (QED) is 0.0424. The lowest BCUT2D eigenvalue weighted by Gasteiger charge is -2.45. The van der Waals surface area contributed by atoms with Crippen LogP contribution >= 0.6 is 114 Å². The number of nitrogens with one attached hydrogen (secondary N) is 1. The second-order valence-corrected chi connectivity index (χ2v) is 32.4. The molecule has 0 saturated carbocycles. The number of hydrogen-bond donors (Lipinski definition) is 3. The zero-order valence-corrected chi connectivity index (χ0v) is 74.1. The minimum Gasteiger partial charge on any atom is -0.497 e. The van der Waals surface area contributed by atoms with Gasteiger partial charge in [0.2, 0.25) is 11.8 Å². The largest absolute Gasteiger partial charge is 0.497 e. The van der Waals surface area contributed by atoms with Crippen LogP contribution in [0.2, 0.25) is 20.1 Å². The molecule has 2 spiro atoms. The molecule has 0 bridgehead atoms. The van der Waals surface area contributed by atoms with Crippen LogP contribution in [0, 0.1) is 0 Å². The van der Waals surface area contributed by atoms with Gasteiger partial charge in [0.05, 0.1) is 54.9 Å². The van der Waals surface area contributed by atoms with Gasteiger partial charge in [0, 0.05) is 86.5 Å². The maximum Gasteiger partial charge on any atom is 0.415 e. The second kappa shape index (κ2) is 46.3. The number of benzene rings is 7. The summed E-state index contributed by atoms with van der Waals surface area (Å²) in [6, 6.07) is 46.9. The number of aliphatic hydroxyl groups excluding tert-OH is 1. The summed E-state index contributed by atoms with van der Waals surface area (Å²) >= 11 is 25.0. The molecule has 4 heterocycles. The van der Waals surface area contributed by atoms with Gasteiger partial charge < -0.3 is 49.2 Å². The highest BCUT2D eigenvalue weighted by atomic mass is 35.5. The molecule has 2 saturated heterocycles. The van der Waals surface area contributed by atoms with E-state index < -0.39 is 93.9 Å². The molecule has 5 atom stereocenters. The lowest BCUT2D eigenvalue weighted by Crippen LogP contribution is -2.55. The topological polar surface area (TPSA) is 225 Å². The van der Waals surface area contributed by atoms with Gasteiger partial charge in [-0.15, -0.1) is 6.58 Å². The summed E-state index contributed by atoms with van der Waals surface area (Å²) in [7, 11) is 6.63. The molecule has 0 aliphatic carbocycles. The van der Waals surface area contributed by atoms with Gasteiger partial charge >= 0.3 is 30.5 Å². The van der Waals surface area contributed by atoms with Gasteiger partial charge in [-0.05, 0) is 165 Å². The van der Waals surface area contributed by atoms with Crippen molar-refractivity contribution in [2.45, 2.75) is 108 Å². The molecule has 2 unspecified atom stereocenters. The predicted octanol–water partition coefficient (Wildman–Crippen LogP) is 17.0. The third-order valence-corrected chi connectivity index (χ3v) is 25.8. The molecule has 36 heteroatoms. The number of carboxylic acid groups (broad SMARTS) is 1.